The number of H-pyrrole nitrogens is 2. The molecule has 6 N–H and O–H groups in total. The van der Waals surface area contributed by atoms with Gasteiger partial charge in [-0.25, -0.2) is 44.4 Å². The highest BCUT2D eigenvalue weighted by atomic mass is 79.9. The van der Waals surface area contributed by atoms with Crippen LogP contribution in [0.2, 0.25) is 10.0 Å². The van der Waals surface area contributed by atoms with Gasteiger partial charge in [-0.2, -0.15) is 0 Å². The lowest BCUT2D eigenvalue weighted by molar-refractivity contribution is 0.102. The van der Waals surface area contributed by atoms with Gasteiger partial charge in [-0.15, -0.1) is 0 Å². The van der Waals surface area contributed by atoms with Crippen molar-refractivity contribution in [1.82, 2.24) is 19.9 Å². The van der Waals surface area contributed by atoms with Crippen molar-refractivity contribution < 1.29 is 73.2 Å². The maximum absolute atomic E-state index is 15.5. The summed E-state index contributed by atoms with van der Waals surface area (Å²) in [6.45, 7) is -7.42. The van der Waals surface area contributed by atoms with Gasteiger partial charge in [0.2, 0.25) is 31.6 Å². The molecule has 0 radical (unpaired) electrons. The zero-order valence-corrected chi connectivity index (χ0v) is 39.4. The Morgan fingerprint density at radius 3 is 1.59 bits per heavy atom. The first-order chi connectivity index (χ1) is 38.5. The fourth-order valence-electron chi connectivity index (χ4n) is 6.22. The van der Waals surface area contributed by atoms with E-state index in [2.05, 4.69) is 35.9 Å². The van der Waals surface area contributed by atoms with E-state index in [4.69, 9.17) is 52.4 Å². The summed E-state index contributed by atoms with van der Waals surface area (Å²) >= 11 is 14.6. The number of fused-ring (bicyclic) bond motifs is 2. The second-order valence-electron chi connectivity index (χ2n) is 13.9. The molecule has 0 saturated carbocycles. The number of sulfonamides is 2. The second kappa shape index (κ2) is 22.7. The molecular weight excluding hydrogens is 1070 g/mol. The molecule has 8 rings (SSSR count). The quantitative estimate of drug-likeness (QED) is 0.0344. The van der Waals surface area contributed by atoms with E-state index in [1.807, 2.05) is 0 Å². The summed E-state index contributed by atoms with van der Waals surface area (Å²) in [5.41, 5.74) is -11.1. The molecule has 0 aliphatic carbocycles. The fraction of sp³-hybridized carbons (Fsp3) is 0.130. The van der Waals surface area contributed by atoms with Crippen LogP contribution in [0.4, 0.5) is 28.9 Å². The molecule has 0 aliphatic heterocycles. The highest BCUT2D eigenvalue weighted by Crippen LogP contribution is 2.31. The van der Waals surface area contributed by atoms with E-state index >= 15 is 8.78 Å². The molecular formula is C46H38BBrCl2F4N6O8S2. The summed E-state index contributed by atoms with van der Waals surface area (Å²) in [4.78, 5) is 39.9. The number of nitrogens with one attached hydrogen (secondary N) is 4. The van der Waals surface area contributed by atoms with Crippen LogP contribution in [0, 0.1) is 23.3 Å². The van der Waals surface area contributed by atoms with Crippen molar-refractivity contribution in [3.8, 4) is 11.1 Å². The summed E-state index contributed by atoms with van der Waals surface area (Å²) in [7, 11) is -12.6. The summed E-state index contributed by atoms with van der Waals surface area (Å²) in [6, 6.07) is 18.2. The number of aromatic nitrogens is 4. The number of anilines is 2. The molecule has 4 aromatic carbocycles. The van der Waals surface area contributed by atoms with Crippen LogP contribution in [0.1, 0.15) is 77.5 Å². The van der Waals surface area contributed by atoms with Gasteiger partial charge in [0.15, 0.2) is 11.6 Å². The Bertz CT molecular complexity index is 4080. The number of carbonyl (C=O) groups is 2. The van der Waals surface area contributed by atoms with Crippen molar-refractivity contribution in [2.75, 3.05) is 20.9 Å². The van der Waals surface area contributed by atoms with Gasteiger partial charge in [-0.1, -0.05) is 61.2 Å². The Morgan fingerprint density at radius 2 is 1.13 bits per heavy atom. The molecule has 24 heteroatoms. The Hall–Kier alpha value is -6.14. The second-order valence-corrected chi connectivity index (χ2v) is 18.5. The summed E-state index contributed by atoms with van der Waals surface area (Å²) < 4.78 is 217. The first-order valence-corrected chi connectivity index (χ1v) is 23.6. The smallest absolute Gasteiger partial charge is 0.423 e. The number of rotatable bonds is 14. The minimum Gasteiger partial charge on any atom is -0.423 e. The van der Waals surface area contributed by atoms with Crippen molar-refractivity contribution in [1.29, 1.82) is 0 Å². The third-order valence-electron chi connectivity index (χ3n) is 9.36. The third-order valence-corrected chi connectivity index (χ3v) is 12.0. The van der Waals surface area contributed by atoms with E-state index in [9.17, 15) is 35.2 Å². The van der Waals surface area contributed by atoms with Crippen LogP contribution in [0.5, 0.6) is 0 Å². The number of carbonyl (C=O) groups excluding carboxylic acids is 2. The minimum atomic E-state index is -5.61. The molecule has 70 heavy (non-hydrogen) atoms. The van der Waals surface area contributed by atoms with E-state index < -0.39 is 122 Å². The van der Waals surface area contributed by atoms with Crippen LogP contribution in [-0.4, -0.2) is 76.9 Å². The normalized spacial score (nSPS) is 15.5. The molecule has 0 spiro atoms. The molecule has 14 nitrogen and oxygen atoms in total. The zero-order valence-electron chi connectivity index (χ0n) is 48.7. The van der Waals surface area contributed by atoms with Crippen molar-refractivity contribution in [2.24, 2.45) is 0 Å². The predicted molar refractivity (Wildman–Crippen MR) is 267 cm³/mol. The van der Waals surface area contributed by atoms with Gasteiger partial charge in [0.05, 0.1) is 33.9 Å². The lowest BCUT2D eigenvalue weighted by Gasteiger charge is -2.11. The van der Waals surface area contributed by atoms with Gasteiger partial charge in [-0.05, 0) is 100 Å². The summed E-state index contributed by atoms with van der Waals surface area (Å²) in [5, 5.41) is 18.7. The number of pyridine rings is 2. The lowest BCUT2D eigenvalue weighted by Crippen LogP contribution is -2.29. The molecule has 364 valence electrons. The van der Waals surface area contributed by atoms with Crippen molar-refractivity contribution in [3.63, 3.8) is 0 Å². The zero-order chi connectivity index (χ0) is 63.2. The SMILES string of the molecule is OB(O)c1ccc(Cl)cc1.[2H]C([2H])([2H])C([2H])([2H])C([2H])([2H])S(=O)(=O)Nc1ccc(F)c(C(=O)c2c[nH]c3ncc(-c4ccc(Cl)cc4)cc23)c1F.[2H]C([2H])([2H])C([2H])([2H])C([2H])([2H])S(=O)(=O)Nc1ccc(F)c(C(=O)c2c[nH]c3ncc(Br)cc23)c1F. The van der Waals surface area contributed by atoms with Crippen LogP contribution >= 0.6 is 39.1 Å². The first-order valence-electron chi connectivity index (χ1n) is 26.1. The standard InChI is InChI=1S/C23H18ClF2N3O3S.C17H14BrF2N3O3S.C6H6BClO2/c1-2-9-33(31,32)29-19-8-7-18(25)20(21(19)26)22(30)17-12-28-23-16(17)10-14(11-27-23)13-3-5-15(24)6-4-13;1-2-5-27(25,26)23-13-4-3-12(19)14(15(13)20)16(24)11-8-22-17-10(11)6-9(18)7-21-17;8-6-3-1-5(2-4-6)7(9)10/h3-8,10-12,29H,2,9H2,1H3,(H,27,28);3-4,6-8,23H,2,5H2,1H3,(H,21,22);1-4,9-10H/i1D3,2D2,9D2;1D3,2D2,5D2;. The average Bonchev–Trinajstić information content (AvgIpc) is 1.39. The monoisotopic (exact) mass is 1120 g/mol. The number of halogens is 7. The molecule has 0 fully saturated rings. The number of hydrogen-bond donors (Lipinski definition) is 6. The van der Waals surface area contributed by atoms with Crippen LogP contribution in [-0.2, 0) is 20.0 Å². The Balaban J connectivity index is 0.000000233. The van der Waals surface area contributed by atoms with E-state index in [0.29, 0.717) is 55.4 Å². The molecule has 0 amide bonds. The van der Waals surface area contributed by atoms with E-state index in [1.54, 1.807) is 54.6 Å². The van der Waals surface area contributed by atoms with Gasteiger partial charge >= 0.3 is 7.12 Å². The van der Waals surface area contributed by atoms with E-state index in [1.165, 1.54) is 27.9 Å². The van der Waals surface area contributed by atoms with Crippen LogP contribution < -0.4 is 14.9 Å². The first kappa shape index (κ1) is 36.8. The molecule has 0 unspecified atom stereocenters. The molecule has 0 bridgehead atoms. The Morgan fingerprint density at radius 1 is 0.686 bits per heavy atom. The maximum Gasteiger partial charge on any atom is 0.488 e. The predicted octanol–water partition coefficient (Wildman–Crippen LogP) is 9.55. The lowest BCUT2D eigenvalue weighted by atomic mass is 9.81. The largest absolute Gasteiger partial charge is 0.488 e. The van der Waals surface area contributed by atoms with Gasteiger partial charge in [0.25, 0.3) is 0 Å². The number of ketones is 2. The van der Waals surface area contributed by atoms with Gasteiger partial charge in [0, 0.05) is 86.0 Å². The minimum absolute atomic E-state index is 0.185. The van der Waals surface area contributed by atoms with Gasteiger partial charge in [0.1, 0.15) is 22.9 Å². The van der Waals surface area contributed by atoms with Crippen molar-refractivity contribution >= 4 is 117 Å². The molecule has 0 saturated heterocycles. The van der Waals surface area contributed by atoms with E-state index in [0.717, 1.165) is 12.4 Å². The van der Waals surface area contributed by atoms with Gasteiger partial charge < -0.3 is 20.0 Å². The van der Waals surface area contributed by atoms with Crippen LogP contribution in [0.15, 0.2) is 114 Å². The molecule has 4 heterocycles. The van der Waals surface area contributed by atoms with E-state index in [-0.39, 0.29) is 33.2 Å². The number of hydrogen-bond acceptors (Lipinski definition) is 10. The molecule has 4 aromatic heterocycles. The molecule has 0 atom stereocenters. The van der Waals surface area contributed by atoms with Gasteiger partial charge in [-0.3, -0.25) is 19.0 Å². The van der Waals surface area contributed by atoms with Crippen LogP contribution in [0.3, 0.4) is 0 Å². The Labute approximate surface area is 436 Å². The highest BCUT2D eigenvalue weighted by molar-refractivity contribution is 9.10. The van der Waals surface area contributed by atoms with Crippen molar-refractivity contribution in [2.45, 2.75) is 26.4 Å². The molecule has 8 aromatic rings. The third kappa shape index (κ3) is 12.8. The fourth-order valence-corrected chi connectivity index (χ4v) is 8.06. The average molecular weight is 1120 g/mol. The highest BCUT2D eigenvalue weighted by Gasteiger charge is 2.28. The van der Waals surface area contributed by atoms with Crippen molar-refractivity contribution in [3.05, 3.63) is 170 Å². The summed E-state index contributed by atoms with van der Waals surface area (Å²) in [6.07, 6.45) is -2.63. The number of benzene rings is 4. The van der Waals surface area contributed by atoms with Crippen LogP contribution in [0.25, 0.3) is 33.2 Å². The number of nitrogens with zero attached hydrogens (tertiary/aromatic N) is 2. The molecule has 0 aliphatic rings. The summed E-state index contributed by atoms with van der Waals surface area (Å²) in [5.74, 6) is -8.57. The maximum atomic E-state index is 15.5. The topological polar surface area (TPSA) is 224 Å². The Kier molecular flexibility index (Phi) is 11.9. The number of aromatic amines is 2.